The molecule has 3 aromatic heterocycles. The Morgan fingerprint density at radius 1 is 0.610 bits per heavy atom. The Morgan fingerprint density at radius 3 is 1.95 bits per heavy atom. The van der Waals surface area contributed by atoms with Crippen LogP contribution in [0.3, 0.4) is 0 Å². The Balaban J connectivity index is 0.000000243. The van der Waals surface area contributed by atoms with Crippen molar-refractivity contribution in [1.82, 2.24) is 9.97 Å². The predicted molar refractivity (Wildman–Crippen MR) is 246 cm³/mol. The van der Waals surface area contributed by atoms with Crippen LogP contribution in [0, 0.1) is 42.1 Å². The summed E-state index contributed by atoms with van der Waals surface area (Å²) >= 11 is 0. The van der Waals surface area contributed by atoms with Crippen molar-refractivity contribution in [2.24, 2.45) is 16.2 Å². The number of nitrogens with zero attached hydrogens (tertiary/aromatic N) is 2. The monoisotopic (exact) mass is 967 g/mol. The molecule has 1 radical (unpaired) electrons. The summed E-state index contributed by atoms with van der Waals surface area (Å²) in [4.78, 5) is 8.90. The quantitative estimate of drug-likeness (QED) is 0.156. The van der Waals surface area contributed by atoms with Crippen molar-refractivity contribution in [3.05, 3.63) is 155 Å². The van der Waals surface area contributed by atoms with Crippen LogP contribution >= 0.6 is 0 Å². The first kappa shape index (κ1) is 30.2. The van der Waals surface area contributed by atoms with Crippen molar-refractivity contribution in [1.29, 1.82) is 0 Å². The van der Waals surface area contributed by atoms with Gasteiger partial charge in [-0.15, -0.1) is 47.5 Å². The Hall–Kier alpha value is -4.89. The van der Waals surface area contributed by atoms with Crippen molar-refractivity contribution in [2.45, 2.75) is 95.1 Å². The molecule has 0 amide bonds. The van der Waals surface area contributed by atoms with Gasteiger partial charge in [0.15, 0.2) is 0 Å². The average Bonchev–Trinajstić information content (AvgIpc) is 3.67. The molecule has 0 aliphatic carbocycles. The molecule has 0 unspecified atom stereocenters. The molecule has 0 aliphatic rings. The van der Waals surface area contributed by atoms with E-state index in [0.29, 0.717) is 50.4 Å². The van der Waals surface area contributed by atoms with E-state index >= 15 is 0 Å². The van der Waals surface area contributed by atoms with Gasteiger partial charge in [-0.2, -0.15) is 0 Å². The summed E-state index contributed by atoms with van der Waals surface area (Å²) < 4.78 is 106. The standard InChI is InChI=1S/C32H34NO.C23H24N.Ir/c1-20-19-33-28(16-23(20)18-32(5,6)7)26-10-8-9-24-25-14-13-22-12-11-21(17-31(2,3)4)15-27(22)30(25)34-29(24)26;1-17-10-12-20(14-21(17)19-8-6-5-7-9-19)22-13-11-18(16-24-22)15-23(2,3)4;/h8-9,11-16,19H,17-18H2,1-7H3;5-11,13-14,16H,15H2,1-4H3;/q2*-1;/i1D3,17D2,18D2;1D3,15D2;. The van der Waals surface area contributed by atoms with Crippen molar-refractivity contribution in [3.8, 4) is 33.6 Å². The van der Waals surface area contributed by atoms with E-state index in [1.165, 1.54) is 18.3 Å². The molecule has 0 atom stereocenters. The Bertz CT molecular complexity index is 3210. The number of aryl methyl sites for hydroxylation is 2. The van der Waals surface area contributed by atoms with Crippen LogP contribution in [-0.4, -0.2) is 9.97 Å². The minimum atomic E-state index is -2.54. The van der Waals surface area contributed by atoms with Gasteiger partial charge >= 0.3 is 0 Å². The molecular weight excluding hydrogens is 897 g/mol. The zero-order valence-corrected chi connectivity index (χ0v) is 37.5. The minimum Gasteiger partial charge on any atom is -0.500 e. The van der Waals surface area contributed by atoms with Gasteiger partial charge in [-0.1, -0.05) is 164 Å². The molecule has 0 saturated heterocycles. The molecule has 5 aromatic carbocycles. The van der Waals surface area contributed by atoms with Crippen molar-refractivity contribution < 1.29 is 41.0 Å². The molecule has 3 heterocycles. The summed E-state index contributed by atoms with van der Waals surface area (Å²) in [5.41, 5.74) is 3.88. The Kier molecular flexibility index (Phi) is 8.89. The predicted octanol–water partition coefficient (Wildman–Crippen LogP) is 15.2. The van der Waals surface area contributed by atoms with Gasteiger partial charge in [0.25, 0.3) is 0 Å². The summed E-state index contributed by atoms with van der Waals surface area (Å²) in [6.45, 7) is 11.6. The molecule has 59 heavy (non-hydrogen) atoms. The summed E-state index contributed by atoms with van der Waals surface area (Å²) in [7, 11) is 0. The number of benzene rings is 5. The fourth-order valence-electron chi connectivity index (χ4n) is 6.88. The third-order valence-electron chi connectivity index (χ3n) is 9.20. The SMILES string of the molecule is [2H]C([2H])([2H])c1c[c-]c(-c2ccc(C([2H])([2H])C(C)(C)C)cn2)cc1-c1ccccc1.[2H]C([2H])([2H])c1cnc(-c2[c-]ccc3c2oc2c4cc(C([2H])([2H])C(C)(C)C)ccc4ccc32)cc1C([2H])([2H])C(C)(C)C.[Ir]. The number of aromatic nitrogens is 2. The Morgan fingerprint density at radius 2 is 1.27 bits per heavy atom. The number of furan rings is 1. The largest absolute Gasteiger partial charge is 0.500 e. The van der Waals surface area contributed by atoms with Gasteiger partial charge in [-0.25, -0.2) is 0 Å². The molecule has 0 saturated carbocycles. The fraction of sp³-hybridized carbons (Fsp3) is 0.309. The van der Waals surface area contributed by atoms with E-state index in [-0.39, 0.29) is 36.8 Å². The maximum atomic E-state index is 8.88. The molecular formula is C55H58IrN2O-2. The first-order valence-corrected chi connectivity index (χ1v) is 19.6. The average molecular weight is 967 g/mol. The third kappa shape index (κ3) is 10.7. The summed E-state index contributed by atoms with van der Waals surface area (Å²) in [6.07, 6.45) is -2.27. The van der Waals surface area contributed by atoms with Gasteiger partial charge in [0, 0.05) is 59.7 Å². The normalized spacial score (nSPS) is 16.2. The van der Waals surface area contributed by atoms with Crippen LogP contribution in [-0.2, 0) is 39.2 Å². The van der Waals surface area contributed by atoms with Gasteiger partial charge in [-0.05, 0) is 87.3 Å². The summed E-state index contributed by atoms with van der Waals surface area (Å²) in [5.74, 6) is 0. The van der Waals surface area contributed by atoms with Crippen molar-refractivity contribution in [3.63, 3.8) is 0 Å². The maximum Gasteiger partial charge on any atom is 0.128 e. The van der Waals surface area contributed by atoms with Crippen LogP contribution in [0.4, 0.5) is 0 Å². The van der Waals surface area contributed by atoms with E-state index in [9.17, 15) is 0 Å². The van der Waals surface area contributed by atoms with Crippen molar-refractivity contribution >= 4 is 32.7 Å². The van der Waals surface area contributed by atoms with Crippen LogP contribution < -0.4 is 0 Å². The van der Waals surface area contributed by atoms with Crippen LogP contribution in [0.25, 0.3) is 66.4 Å². The van der Waals surface area contributed by atoms with E-state index in [0.717, 1.165) is 27.1 Å². The zero-order chi connectivity index (χ0) is 51.8. The smallest absolute Gasteiger partial charge is 0.128 e. The summed E-state index contributed by atoms with van der Waals surface area (Å²) in [6, 6.07) is 37.1. The second kappa shape index (κ2) is 17.4. The fourth-order valence-corrected chi connectivity index (χ4v) is 6.88. The molecule has 8 rings (SSSR count). The van der Waals surface area contributed by atoms with Crippen LogP contribution in [0.5, 0.6) is 0 Å². The van der Waals surface area contributed by atoms with Gasteiger partial charge in [-0.3, -0.25) is 0 Å². The first-order chi connectivity index (χ1) is 32.2. The number of rotatable bonds is 6. The van der Waals surface area contributed by atoms with Gasteiger partial charge in [0.2, 0.25) is 0 Å². The number of fused-ring (bicyclic) bond motifs is 5. The molecule has 0 aliphatic heterocycles. The minimum absolute atomic E-state index is 0. The molecule has 0 spiro atoms. The molecule has 0 fully saturated rings. The van der Waals surface area contributed by atoms with Crippen LogP contribution in [0.1, 0.15) is 107 Å². The van der Waals surface area contributed by atoms with Gasteiger partial charge in [0.1, 0.15) is 5.58 Å². The van der Waals surface area contributed by atoms with E-state index in [2.05, 4.69) is 22.1 Å². The zero-order valence-electron chi connectivity index (χ0n) is 47.1. The molecule has 0 bridgehead atoms. The Labute approximate surface area is 382 Å². The topological polar surface area (TPSA) is 38.9 Å². The first-order valence-electron chi connectivity index (χ1n) is 25.6. The molecule has 8 aromatic rings. The van der Waals surface area contributed by atoms with Crippen LogP contribution in [0.2, 0.25) is 0 Å². The number of hydrogen-bond acceptors (Lipinski definition) is 3. The molecule has 4 heteroatoms. The maximum absolute atomic E-state index is 8.88. The van der Waals surface area contributed by atoms with E-state index < -0.39 is 49.1 Å². The second-order valence-corrected chi connectivity index (χ2v) is 17.8. The van der Waals surface area contributed by atoms with Crippen LogP contribution in [0.15, 0.2) is 120 Å². The second-order valence-electron chi connectivity index (χ2n) is 17.8. The number of hydrogen-bond donors (Lipinski definition) is 0. The van der Waals surface area contributed by atoms with E-state index in [1.807, 2.05) is 108 Å². The van der Waals surface area contributed by atoms with Crippen molar-refractivity contribution in [2.75, 3.05) is 0 Å². The molecule has 3 nitrogen and oxygen atoms in total. The summed E-state index contributed by atoms with van der Waals surface area (Å²) in [5, 5.41) is 3.35. The van der Waals surface area contributed by atoms with Gasteiger partial charge in [0.05, 0.1) is 5.58 Å². The van der Waals surface area contributed by atoms with E-state index in [1.54, 1.807) is 51.2 Å². The third-order valence-corrected chi connectivity index (χ3v) is 9.20. The van der Waals surface area contributed by atoms with E-state index in [4.69, 9.17) is 20.9 Å². The molecule has 0 N–H and O–H groups in total. The van der Waals surface area contributed by atoms with Gasteiger partial charge < -0.3 is 14.4 Å². The molecule has 305 valence electrons. The number of pyridine rings is 2.